The summed E-state index contributed by atoms with van der Waals surface area (Å²) in [5.74, 6) is 0.764. The van der Waals surface area contributed by atoms with E-state index in [4.69, 9.17) is 0 Å². The average molecular weight is 278 g/mol. The normalized spacial score (nSPS) is 33.9. The summed E-state index contributed by atoms with van der Waals surface area (Å²) in [6.45, 7) is 9.92. The van der Waals surface area contributed by atoms with E-state index in [-0.39, 0.29) is 0 Å². The molecule has 0 bridgehead atoms. The van der Waals surface area contributed by atoms with E-state index in [9.17, 15) is 0 Å². The Kier molecular flexibility index (Phi) is 4.16. The summed E-state index contributed by atoms with van der Waals surface area (Å²) in [4.78, 5) is 2.96. The summed E-state index contributed by atoms with van der Waals surface area (Å²) >= 11 is 0. The summed E-state index contributed by atoms with van der Waals surface area (Å²) in [5, 5.41) is 3.97. The van der Waals surface area contributed by atoms with Crippen LogP contribution in [0.3, 0.4) is 0 Å². The molecule has 0 amide bonds. The third-order valence-electron chi connectivity index (χ3n) is 6.51. The zero-order valence-electron chi connectivity index (χ0n) is 13.9. The van der Waals surface area contributed by atoms with Crippen molar-refractivity contribution in [3.05, 3.63) is 0 Å². The van der Waals surface area contributed by atoms with Gasteiger partial charge in [-0.2, -0.15) is 0 Å². The van der Waals surface area contributed by atoms with Crippen LogP contribution in [0.1, 0.15) is 78.6 Å². The quantitative estimate of drug-likeness (QED) is 0.822. The predicted octanol–water partition coefficient (Wildman–Crippen LogP) is 3.95. The van der Waals surface area contributed by atoms with Crippen LogP contribution in [0, 0.1) is 5.92 Å². The molecule has 1 atom stereocenters. The first kappa shape index (κ1) is 14.8. The fraction of sp³-hybridized carbons (Fsp3) is 1.00. The molecule has 3 rings (SSSR count). The SMILES string of the molecule is CC(C)C1CNC2(CCCC2)CN1C1(C)CCCCC1. The maximum absolute atomic E-state index is 3.97. The average Bonchev–Trinajstić information content (AvgIpc) is 2.87. The lowest BCUT2D eigenvalue weighted by atomic mass is 9.77. The lowest BCUT2D eigenvalue weighted by Crippen LogP contribution is -2.69. The van der Waals surface area contributed by atoms with Gasteiger partial charge in [-0.05, 0) is 38.5 Å². The first-order chi connectivity index (χ1) is 9.55. The summed E-state index contributed by atoms with van der Waals surface area (Å²) in [6.07, 6.45) is 12.9. The van der Waals surface area contributed by atoms with Crippen LogP contribution in [0.4, 0.5) is 0 Å². The minimum Gasteiger partial charge on any atom is -0.308 e. The molecule has 1 unspecified atom stereocenters. The van der Waals surface area contributed by atoms with Crippen molar-refractivity contribution < 1.29 is 0 Å². The molecule has 0 aromatic carbocycles. The largest absolute Gasteiger partial charge is 0.308 e. The fourth-order valence-electron chi connectivity index (χ4n) is 5.10. The molecule has 20 heavy (non-hydrogen) atoms. The Bertz CT molecular complexity index is 324. The van der Waals surface area contributed by atoms with Crippen LogP contribution in [0.2, 0.25) is 0 Å². The minimum absolute atomic E-state index is 0.464. The van der Waals surface area contributed by atoms with Crippen molar-refractivity contribution >= 4 is 0 Å². The Morgan fingerprint density at radius 3 is 2.15 bits per heavy atom. The van der Waals surface area contributed by atoms with Crippen molar-refractivity contribution in [3.63, 3.8) is 0 Å². The molecular formula is C18H34N2. The Morgan fingerprint density at radius 1 is 0.950 bits per heavy atom. The van der Waals surface area contributed by atoms with E-state index in [1.807, 2.05) is 0 Å². The predicted molar refractivity (Wildman–Crippen MR) is 86.0 cm³/mol. The highest BCUT2D eigenvalue weighted by Crippen LogP contribution is 2.41. The molecule has 1 heterocycles. The number of rotatable bonds is 2. The Balaban J connectivity index is 1.81. The van der Waals surface area contributed by atoms with Gasteiger partial charge in [0.15, 0.2) is 0 Å². The highest BCUT2D eigenvalue weighted by Gasteiger charge is 2.47. The van der Waals surface area contributed by atoms with Crippen molar-refractivity contribution in [2.45, 2.75) is 95.7 Å². The monoisotopic (exact) mass is 278 g/mol. The fourth-order valence-corrected chi connectivity index (χ4v) is 5.10. The Hall–Kier alpha value is -0.0800. The van der Waals surface area contributed by atoms with Crippen molar-refractivity contribution in [3.8, 4) is 0 Å². The van der Waals surface area contributed by atoms with E-state index in [0.29, 0.717) is 11.1 Å². The van der Waals surface area contributed by atoms with Gasteiger partial charge < -0.3 is 5.32 Å². The van der Waals surface area contributed by atoms with Crippen LogP contribution in [0.15, 0.2) is 0 Å². The second kappa shape index (κ2) is 5.61. The van der Waals surface area contributed by atoms with Crippen molar-refractivity contribution in [2.24, 2.45) is 5.92 Å². The second-order valence-electron chi connectivity index (χ2n) is 8.37. The van der Waals surface area contributed by atoms with Crippen LogP contribution in [0.25, 0.3) is 0 Å². The molecule has 1 N–H and O–H groups in total. The molecule has 2 aliphatic carbocycles. The van der Waals surface area contributed by atoms with Crippen LogP contribution in [-0.2, 0) is 0 Å². The lowest BCUT2D eigenvalue weighted by Gasteiger charge is -2.56. The molecule has 2 saturated carbocycles. The molecular weight excluding hydrogens is 244 g/mol. The van der Waals surface area contributed by atoms with Crippen LogP contribution in [-0.4, -0.2) is 35.1 Å². The zero-order chi connectivity index (χ0) is 14.2. The molecule has 2 heteroatoms. The smallest absolute Gasteiger partial charge is 0.0309 e. The summed E-state index contributed by atoms with van der Waals surface area (Å²) in [5.41, 5.74) is 0.941. The van der Waals surface area contributed by atoms with Crippen LogP contribution in [0.5, 0.6) is 0 Å². The number of hydrogen-bond acceptors (Lipinski definition) is 2. The molecule has 2 nitrogen and oxygen atoms in total. The van der Waals surface area contributed by atoms with Gasteiger partial charge in [0.05, 0.1) is 0 Å². The van der Waals surface area contributed by atoms with Crippen LogP contribution < -0.4 is 5.32 Å². The first-order valence-electron chi connectivity index (χ1n) is 9.07. The van der Waals surface area contributed by atoms with Gasteiger partial charge in [-0.15, -0.1) is 0 Å². The first-order valence-corrected chi connectivity index (χ1v) is 9.07. The number of piperazine rings is 1. The zero-order valence-corrected chi connectivity index (χ0v) is 13.9. The highest BCUT2D eigenvalue weighted by atomic mass is 15.3. The lowest BCUT2D eigenvalue weighted by molar-refractivity contribution is -0.0413. The molecule has 116 valence electrons. The maximum Gasteiger partial charge on any atom is 0.0309 e. The van der Waals surface area contributed by atoms with E-state index in [2.05, 4.69) is 31.0 Å². The summed E-state index contributed by atoms with van der Waals surface area (Å²) in [6, 6.07) is 0.740. The van der Waals surface area contributed by atoms with E-state index < -0.39 is 0 Å². The van der Waals surface area contributed by atoms with Crippen molar-refractivity contribution in [1.29, 1.82) is 0 Å². The molecule has 0 radical (unpaired) electrons. The van der Waals surface area contributed by atoms with Gasteiger partial charge >= 0.3 is 0 Å². The number of hydrogen-bond donors (Lipinski definition) is 1. The Morgan fingerprint density at radius 2 is 1.55 bits per heavy atom. The molecule has 3 fully saturated rings. The topological polar surface area (TPSA) is 15.3 Å². The van der Waals surface area contributed by atoms with Crippen molar-refractivity contribution in [1.82, 2.24) is 10.2 Å². The van der Waals surface area contributed by atoms with E-state index >= 15 is 0 Å². The molecule has 1 saturated heterocycles. The van der Waals surface area contributed by atoms with Gasteiger partial charge in [-0.25, -0.2) is 0 Å². The maximum atomic E-state index is 3.97. The molecule has 3 aliphatic rings. The van der Waals surface area contributed by atoms with Crippen LogP contribution >= 0.6 is 0 Å². The second-order valence-corrected chi connectivity index (χ2v) is 8.37. The summed E-state index contributed by atoms with van der Waals surface area (Å²) in [7, 11) is 0. The van der Waals surface area contributed by atoms with E-state index in [0.717, 1.165) is 12.0 Å². The van der Waals surface area contributed by atoms with E-state index in [1.165, 1.54) is 70.9 Å². The third kappa shape index (κ3) is 2.66. The van der Waals surface area contributed by atoms with Gasteiger partial charge in [-0.1, -0.05) is 46.0 Å². The third-order valence-corrected chi connectivity index (χ3v) is 6.51. The summed E-state index contributed by atoms with van der Waals surface area (Å²) < 4.78 is 0. The number of nitrogens with one attached hydrogen (secondary N) is 1. The standard InChI is InChI=1S/C18H34N2/c1-15(2)16-13-19-18(11-7-8-12-18)14-20(16)17(3)9-5-4-6-10-17/h15-16,19H,4-14H2,1-3H3. The van der Waals surface area contributed by atoms with Gasteiger partial charge in [0.25, 0.3) is 0 Å². The van der Waals surface area contributed by atoms with Gasteiger partial charge in [0, 0.05) is 30.2 Å². The highest BCUT2D eigenvalue weighted by molar-refractivity contribution is 5.06. The number of nitrogens with zero attached hydrogens (tertiary/aromatic N) is 1. The van der Waals surface area contributed by atoms with Gasteiger partial charge in [-0.3, -0.25) is 4.90 Å². The minimum atomic E-state index is 0.464. The molecule has 1 spiro atoms. The Labute approximate surface area is 125 Å². The van der Waals surface area contributed by atoms with Crippen molar-refractivity contribution in [2.75, 3.05) is 13.1 Å². The van der Waals surface area contributed by atoms with Gasteiger partial charge in [0.1, 0.15) is 0 Å². The molecule has 0 aromatic rings. The van der Waals surface area contributed by atoms with Gasteiger partial charge in [0.2, 0.25) is 0 Å². The van der Waals surface area contributed by atoms with E-state index in [1.54, 1.807) is 0 Å². The molecule has 1 aliphatic heterocycles. The molecule has 0 aromatic heterocycles.